The summed E-state index contributed by atoms with van der Waals surface area (Å²) in [5, 5.41) is 21.3. The van der Waals surface area contributed by atoms with Crippen LogP contribution in [-0.2, 0) is 16.6 Å². The van der Waals surface area contributed by atoms with Crippen LogP contribution in [0.4, 0.5) is 5.69 Å². The van der Waals surface area contributed by atoms with Crippen LogP contribution in [0.5, 0.6) is 5.75 Å². The van der Waals surface area contributed by atoms with Crippen LogP contribution in [0.25, 0.3) is 0 Å². The number of hydrogen-bond donors (Lipinski definition) is 4. The predicted molar refractivity (Wildman–Crippen MR) is 108 cm³/mol. The van der Waals surface area contributed by atoms with Gasteiger partial charge in [-0.3, -0.25) is 9.52 Å². The van der Waals surface area contributed by atoms with Crippen molar-refractivity contribution >= 4 is 38.9 Å². The monoisotopic (exact) mass is 432 g/mol. The minimum absolute atomic E-state index is 0.0169. The maximum atomic E-state index is 12.5. The van der Waals surface area contributed by atoms with Gasteiger partial charge >= 0.3 is 5.97 Å². The van der Waals surface area contributed by atoms with E-state index < -0.39 is 21.7 Å². The number of sulfonamides is 1. The number of phenols is 1. The van der Waals surface area contributed by atoms with Gasteiger partial charge in [0.1, 0.15) is 15.5 Å². The number of carbonyl (C=O) groups excluding carboxylic acids is 1. The van der Waals surface area contributed by atoms with Gasteiger partial charge in [-0.15, -0.1) is 11.3 Å². The van der Waals surface area contributed by atoms with Crippen molar-refractivity contribution in [2.45, 2.75) is 10.8 Å². The zero-order valence-electron chi connectivity index (χ0n) is 14.8. The van der Waals surface area contributed by atoms with Gasteiger partial charge in [0.15, 0.2) is 0 Å². The molecule has 0 spiro atoms. The van der Waals surface area contributed by atoms with Gasteiger partial charge in [-0.1, -0.05) is 18.2 Å². The van der Waals surface area contributed by atoms with Crippen molar-refractivity contribution in [1.82, 2.24) is 5.32 Å². The minimum Gasteiger partial charge on any atom is -0.507 e. The second kappa shape index (κ2) is 8.33. The van der Waals surface area contributed by atoms with Crippen molar-refractivity contribution in [1.29, 1.82) is 0 Å². The SMILES string of the molecule is O=C(NCc1ccc(S(=O)(=O)Nc2ccc(C(=O)O)c(O)c2)s1)c1ccccc1. The first-order valence-electron chi connectivity index (χ1n) is 8.27. The highest BCUT2D eigenvalue weighted by atomic mass is 32.2. The normalized spacial score (nSPS) is 11.0. The van der Waals surface area contributed by atoms with E-state index in [1.165, 1.54) is 12.1 Å². The van der Waals surface area contributed by atoms with Crippen molar-refractivity contribution < 1.29 is 28.2 Å². The molecule has 0 radical (unpaired) electrons. The van der Waals surface area contributed by atoms with Gasteiger partial charge < -0.3 is 15.5 Å². The number of aromatic carboxylic acids is 1. The predicted octanol–water partition coefficient (Wildman–Crippen LogP) is 2.88. The van der Waals surface area contributed by atoms with Crippen molar-refractivity contribution in [2.75, 3.05) is 4.72 Å². The number of carbonyl (C=O) groups is 2. The molecule has 0 fully saturated rings. The van der Waals surface area contributed by atoms with Gasteiger partial charge in [-0.25, -0.2) is 13.2 Å². The number of anilines is 1. The van der Waals surface area contributed by atoms with E-state index in [2.05, 4.69) is 10.0 Å². The summed E-state index contributed by atoms with van der Waals surface area (Å²) in [5.74, 6) is -2.14. The van der Waals surface area contributed by atoms with Crippen molar-refractivity contribution in [2.24, 2.45) is 0 Å². The lowest BCUT2D eigenvalue weighted by Crippen LogP contribution is -2.22. The summed E-state index contributed by atoms with van der Waals surface area (Å²) in [4.78, 5) is 23.6. The summed E-state index contributed by atoms with van der Waals surface area (Å²) in [7, 11) is -3.94. The van der Waals surface area contributed by atoms with Crippen molar-refractivity contribution in [3.63, 3.8) is 0 Å². The van der Waals surface area contributed by atoms with Gasteiger partial charge in [0.25, 0.3) is 15.9 Å². The Morgan fingerprint density at radius 2 is 1.72 bits per heavy atom. The lowest BCUT2D eigenvalue weighted by Gasteiger charge is -2.08. The number of carboxylic acids is 1. The van der Waals surface area contributed by atoms with E-state index in [0.29, 0.717) is 10.4 Å². The highest BCUT2D eigenvalue weighted by molar-refractivity contribution is 7.94. The molecule has 0 aliphatic rings. The molecule has 3 aromatic rings. The molecule has 29 heavy (non-hydrogen) atoms. The average molecular weight is 432 g/mol. The quantitative estimate of drug-likeness (QED) is 0.454. The number of carboxylic acid groups (broad SMARTS) is 1. The standard InChI is InChI=1S/C19H16N2O6S2/c22-16-10-13(6-8-15(16)19(24)25)21-29(26,27)17-9-7-14(28-17)11-20-18(23)12-4-2-1-3-5-12/h1-10,21-22H,11H2,(H,20,23)(H,24,25). The lowest BCUT2D eigenvalue weighted by atomic mass is 10.2. The first-order chi connectivity index (χ1) is 13.8. The summed E-state index contributed by atoms with van der Waals surface area (Å²) in [6.45, 7) is 0.169. The Morgan fingerprint density at radius 1 is 1.00 bits per heavy atom. The molecule has 0 atom stereocenters. The van der Waals surface area contributed by atoms with Crippen LogP contribution in [0.3, 0.4) is 0 Å². The molecule has 0 saturated heterocycles. The first kappa shape index (κ1) is 20.4. The molecule has 1 amide bonds. The Kier molecular flexibility index (Phi) is 5.85. The average Bonchev–Trinajstić information content (AvgIpc) is 3.16. The Labute approximate surface area is 170 Å². The molecule has 0 aliphatic carbocycles. The summed E-state index contributed by atoms with van der Waals surface area (Å²) < 4.78 is 27.3. The number of benzene rings is 2. The van der Waals surface area contributed by atoms with Crippen LogP contribution in [0.1, 0.15) is 25.6 Å². The van der Waals surface area contributed by atoms with Crippen molar-refractivity contribution in [3.8, 4) is 5.75 Å². The van der Waals surface area contributed by atoms with Gasteiger partial charge in [-0.05, 0) is 36.4 Å². The highest BCUT2D eigenvalue weighted by Crippen LogP contribution is 2.27. The van der Waals surface area contributed by atoms with Crippen LogP contribution < -0.4 is 10.0 Å². The fourth-order valence-corrected chi connectivity index (χ4v) is 4.78. The maximum absolute atomic E-state index is 12.5. The second-order valence-corrected chi connectivity index (χ2v) is 8.99. The lowest BCUT2D eigenvalue weighted by molar-refractivity contribution is 0.0693. The van der Waals surface area contributed by atoms with Crippen LogP contribution in [0, 0.1) is 0 Å². The van der Waals surface area contributed by atoms with E-state index in [-0.39, 0.29) is 27.9 Å². The van der Waals surface area contributed by atoms with E-state index >= 15 is 0 Å². The smallest absolute Gasteiger partial charge is 0.339 e. The van der Waals surface area contributed by atoms with Gasteiger partial charge in [-0.2, -0.15) is 0 Å². The fourth-order valence-electron chi connectivity index (χ4n) is 2.44. The van der Waals surface area contributed by atoms with E-state index in [4.69, 9.17) is 5.11 Å². The van der Waals surface area contributed by atoms with Gasteiger partial charge in [0, 0.05) is 16.5 Å². The van der Waals surface area contributed by atoms with Crippen molar-refractivity contribution in [3.05, 3.63) is 76.7 Å². The Bertz CT molecular complexity index is 1160. The molecule has 10 heteroatoms. The fraction of sp³-hybridized carbons (Fsp3) is 0.0526. The van der Waals surface area contributed by atoms with Gasteiger partial charge in [0.2, 0.25) is 0 Å². The molecule has 2 aromatic carbocycles. The molecule has 150 valence electrons. The topological polar surface area (TPSA) is 133 Å². The number of aromatic hydroxyl groups is 1. The van der Waals surface area contributed by atoms with E-state index in [1.807, 2.05) is 0 Å². The number of amides is 1. The molecule has 3 rings (SSSR count). The highest BCUT2D eigenvalue weighted by Gasteiger charge is 2.19. The zero-order chi connectivity index (χ0) is 21.0. The molecule has 1 aromatic heterocycles. The molecule has 0 bridgehead atoms. The number of thiophene rings is 1. The largest absolute Gasteiger partial charge is 0.507 e. The van der Waals surface area contributed by atoms with E-state index in [1.54, 1.807) is 36.4 Å². The minimum atomic E-state index is -3.94. The maximum Gasteiger partial charge on any atom is 0.339 e. The third-order valence-electron chi connectivity index (χ3n) is 3.84. The summed E-state index contributed by atoms with van der Waals surface area (Å²) in [6, 6.07) is 15.0. The molecule has 0 aliphatic heterocycles. The molecule has 8 nitrogen and oxygen atoms in total. The first-order valence-corrected chi connectivity index (χ1v) is 10.6. The Balaban J connectivity index is 1.68. The summed E-state index contributed by atoms with van der Waals surface area (Å²) in [6.07, 6.45) is 0. The van der Waals surface area contributed by atoms with Crippen LogP contribution in [-0.4, -0.2) is 30.5 Å². The number of nitrogens with one attached hydrogen (secondary N) is 2. The third-order valence-corrected chi connectivity index (χ3v) is 6.80. The Hall–Kier alpha value is -3.37. The molecule has 1 heterocycles. The molecule has 4 N–H and O–H groups in total. The van der Waals surface area contributed by atoms with Gasteiger partial charge in [0.05, 0.1) is 12.2 Å². The van der Waals surface area contributed by atoms with E-state index in [0.717, 1.165) is 23.5 Å². The summed E-state index contributed by atoms with van der Waals surface area (Å²) in [5.41, 5.74) is 0.198. The van der Waals surface area contributed by atoms with Crippen LogP contribution >= 0.6 is 11.3 Å². The molecular formula is C19H16N2O6S2. The number of rotatable bonds is 7. The molecule has 0 saturated carbocycles. The van der Waals surface area contributed by atoms with Crippen LogP contribution in [0.2, 0.25) is 0 Å². The van der Waals surface area contributed by atoms with E-state index in [9.17, 15) is 23.1 Å². The zero-order valence-corrected chi connectivity index (χ0v) is 16.5. The Morgan fingerprint density at radius 3 is 2.38 bits per heavy atom. The van der Waals surface area contributed by atoms with Crippen LogP contribution in [0.15, 0.2) is 64.9 Å². The number of hydrogen-bond acceptors (Lipinski definition) is 6. The third kappa shape index (κ3) is 4.92. The second-order valence-electron chi connectivity index (χ2n) is 5.91. The molecular weight excluding hydrogens is 416 g/mol. The molecule has 0 unspecified atom stereocenters. The summed E-state index contributed by atoms with van der Waals surface area (Å²) >= 11 is 0.987.